The topological polar surface area (TPSA) is 84.1 Å². The number of hydrogen-bond acceptors (Lipinski definition) is 5. The predicted octanol–water partition coefficient (Wildman–Crippen LogP) is 3.55. The van der Waals surface area contributed by atoms with Gasteiger partial charge in [-0.05, 0) is 25.1 Å². The van der Waals surface area contributed by atoms with E-state index in [1.165, 1.54) is 17.7 Å². The molecular formula is C16H16FN5. The molecule has 112 valence electrons. The van der Waals surface area contributed by atoms with E-state index in [0.29, 0.717) is 17.1 Å². The second-order valence-corrected chi connectivity index (χ2v) is 4.68. The molecular weight excluding hydrogens is 281 g/mol. The summed E-state index contributed by atoms with van der Waals surface area (Å²) >= 11 is 0. The van der Waals surface area contributed by atoms with Gasteiger partial charge in [-0.15, -0.1) is 5.10 Å². The molecule has 0 fully saturated rings. The van der Waals surface area contributed by atoms with E-state index in [4.69, 9.17) is 0 Å². The van der Waals surface area contributed by atoms with Gasteiger partial charge in [0.05, 0.1) is 11.9 Å². The van der Waals surface area contributed by atoms with Crippen LogP contribution in [0.15, 0.2) is 63.8 Å². The minimum atomic E-state index is -0.312. The van der Waals surface area contributed by atoms with Crippen LogP contribution in [0.2, 0.25) is 0 Å². The number of halogens is 1. The first kappa shape index (κ1) is 15.5. The van der Waals surface area contributed by atoms with Crippen molar-refractivity contribution in [3.63, 3.8) is 0 Å². The lowest BCUT2D eigenvalue weighted by Gasteiger charge is -2.04. The zero-order chi connectivity index (χ0) is 14.7. The van der Waals surface area contributed by atoms with Crippen LogP contribution in [0.1, 0.15) is 11.1 Å². The fourth-order valence-electron chi connectivity index (χ4n) is 1.94. The smallest absolute Gasteiger partial charge is 0.132 e. The number of nitrogens with one attached hydrogen (secondary N) is 1. The Bertz CT molecular complexity index is 747. The van der Waals surface area contributed by atoms with E-state index in [1.807, 2.05) is 31.2 Å². The van der Waals surface area contributed by atoms with Crippen LogP contribution in [0.4, 0.5) is 10.1 Å². The lowest BCUT2D eigenvalue weighted by atomic mass is 10.1. The van der Waals surface area contributed by atoms with Gasteiger partial charge in [-0.1, -0.05) is 35.9 Å². The number of aryl methyl sites for hydroxylation is 1. The van der Waals surface area contributed by atoms with Crippen LogP contribution in [-0.2, 0) is 0 Å². The first-order valence-corrected chi connectivity index (χ1v) is 6.50. The average molecular weight is 297 g/mol. The van der Waals surface area contributed by atoms with Crippen molar-refractivity contribution in [3.8, 4) is 0 Å². The highest BCUT2D eigenvalue weighted by molar-refractivity contribution is 6.67. The van der Waals surface area contributed by atoms with Gasteiger partial charge >= 0.3 is 0 Å². The molecule has 0 unspecified atom stereocenters. The first-order valence-electron chi connectivity index (χ1n) is 6.50. The number of benzene rings is 2. The molecule has 0 saturated heterocycles. The molecule has 1 heterocycles. The van der Waals surface area contributed by atoms with Crippen molar-refractivity contribution in [2.75, 3.05) is 5.43 Å². The van der Waals surface area contributed by atoms with Gasteiger partial charge in [-0.3, -0.25) is 5.43 Å². The summed E-state index contributed by atoms with van der Waals surface area (Å²) in [5.74, 6) is -0.312. The van der Waals surface area contributed by atoms with Crippen LogP contribution < -0.4 is 11.6 Å². The maximum absolute atomic E-state index is 13.1. The summed E-state index contributed by atoms with van der Waals surface area (Å²) in [6.45, 7) is 2.03. The van der Waals surface area contributed by atoms with E-state index in [2.05, 4.69) is 20.7 Å². The van der Waals surface area contributed by atoms with Crippen molar-refractivity contribution in [2.24, 2.45) is 15.3 Å². The van der Waals surface area contributed by atoms with E-state index in [-0.39, 0.29) is 12.0 Å². The Kier molecular flexibility index (Phi) is 4.75. The molecule has 0 aromatic heterocycles. The number of rotatable bonds is 3. The van der Waals surface area contributed by atoms with E-state index in [1.54, 1.807) is 18.3 Å². The molecule has 4 N–H and O–H groups in total. The Morgan fingerprint density at radius 1 is 1.09 bits per heavy atom. The molecule has 5 nitrogen and oxygen atoms in total. The third-order valence-electron chi connectivity index (χ3n) is 3.04. The minimum absolute atomic E-state index is 0. The maximum atomic E-state index is 13.1. The summed E-state index contributed by atoms with van der Waals surface area (Å²) < 4.78 is 13.1. The van der Waals surface area contributed by atoms with Gasteiger partial charge in [0.25, 0.3) is 0 Å². The van der Waals surface area contributed by atoms with Gasteiger partial charge in [0.2, 0.25) is 0 Å². The molecule has 3 rings (SSSR count). The van der Waals surface area contributed by atoms with Crippen molar-refractivity contribution in [1.29, 1.82) is 0 Å². The van der Waals surface area contributed by atoms with Crippen LogP contribution >= 0.6 is 0 Å². The molecule has 2 aromatic carbocycles. The van der Waals surface area contributed by atoms with Crippen molar-refractivity contribution in [3.05, 3.63) is 65.5 Å². The molecule has 0 amide bonds. The van der Waals surface area contributed by atoms with Gasteiger partial charge in [0.1, 0.15) is 17.2 Å². The molecule has 22 heavy (non-hydrogen) atoms. The normalized spacial score (nSPS) is 14.6. The molecule has 0 spiro atoms. The Morgan fingerprint density at radius 2 is 1.86 bits per heavy atom. The average Bonchev–Trinajstić information content (AvgIpc) is 2.94. The molecule has 6 heteroatoms. The summed E-state index contributed by atoms with van der Waals surface area (Å²) in [5.41, 5.74) is 6.81. The zero-order valence-corrected chi connectivity index (χ0v) is 12.1. The molecule has 0 saturated carbocycles. The van der Waals surface area contributed by atoms with E-state index >= 15 is 0 Å². The van der Waals surface area contributed by atoms with Crippen LogP contribution in [0.25, 0.3) is 0 Å². The lowest BCUT2D eigenvalue weighted by Crippen LogP contribution is -2.15. The Morgan fingerprint density at radius 3 is 2.59 bits per heavy atom. The fourth-order valence-corrected chi connectivity index (χ4v) is 1.94. The van der Waals surface area contributed by atoms with Gasteiger partial charge in [-0.2, -0.15) is 10.2 Å². The summed E-state index contributed by atoms with van der Waals surface area (Å²) in [6.07, 6.45) is 1.57. The van der Waals surface area contributed by atoms with Crippen LogP contribution in [0.5, 0.6) is 0 Å². The molecule has 1 aliphatic rings. The third-order valence-corrected chi connectivity index (χ3v) is 3.04. The van der Waals surface area contributed by atoms with Crippen LogP contribution in [-0.4, -0.2) is 17.6 Å². The first-order chi connectivity index (χ1) is 10.2. The summed E-state index contributed by atoms with van der Waals surface area (Å²) in [6, 6.07) is 14.1. The molecule has 1 aliphatic heterocycles. The predicted molar refractivity (Wildman–Crippen MR) is 88.7 cm³/mol. The summed E-state index contributed by atoms with van der Waals surface area (Å²) in [4.78, 5) is 0. The minimum Gasteiger partial charge on any atom is -0.344 e. The van der Waals surface area contributed by atoms with E-state index in [0.717, 1.165) is 5.56 Å². The molecule has 0 aliphatic carbocycles. The molecule has 0 atom stereocenters. The fraction of sp³-hybridized carbons (Fsp3) is 0.0625. The second kappa shape index (κ2) is 6.73. The van der Waals surface area contributed by atoms with Gasteiger partial charge in [0.15, 0.2) is 0 Å². The zero-order valence-electron chi connectivity index (χ0n) is 12.1. The monoisotopic (exact) mass is 297 g/mol. The van der Waals surface area contributed by atoms with E-state index in [9.17, 15) is 4.39 Å². The maximum Gasteiger partial charge on any atom is 0.132 e. The number of nitrogens with zero attached hydrogens (tertiary/aromatic N) is 3. The van der Waals surface area contributed by atoms with Crippen LogP contribution in [0.3, 0.4) is 0 Å². The van der Waals surface area contributed by atoms with E-state index < -0.39 is 0 Å². The molecule has 0 bridgehead atoms. The number of hydrazone groups is 1. The molecule has 2 aromatic rings. The highest BCUT2D eigenvalue weighted by atomic mass is 19.1. The van der Waals surface area contributed by atoms with Crippen molar-refractivity contribution < 1.29 is 4.39 Å². The summed E-state index contributed by atoms with van der Waals surface area (Å²) in [7, 11) is 0. The van der Waals surface area contributed by atoms with Crippen molar-refractivity contribution >= 4 is 23.3 Å². The van der Waals surface area contributed by atoms with Crippen molar-refractivity contribution in [2.45, 2.75) is 6.92 Å². The third kappa shape index (κ3) is 3.42. The van der Waals surface area contributed by atoms with Crippen molar-refractivity contribution in [1.82, 2.24) is 6.15 Å². The molecule has 0 radical (unpaired) electrons. The SMILES string of the molecule is Cc1ccc(C2=NN=CC2=NNc2cccc(F)c2)cc1.N. The highest BCUT2D eigenvalue weighted by Crippen LogP contribution is 2.11. The second-order valence-electron chi connectivity index (χ2n) is 4.68. The Hall–Kier alpha value is -2.86. The quantitative estimate of drug-likeness (QED) is 0.849. The largest absolute Gasteiger partial charge is 0.344 e. The number of hydrogen-bond donors (Lipinski definition) is 2. The summed E-state index contributed by atoms with van der Waals surface area (Å²) in [5, 5.41) is 12.2. The van der Waals surface area contributed by atoms with Crippen LogP contribution in [0, 0.1) is 12.7 Å². The standard InChI is InChI=1S/C16H13FN4.H3N/c1-11-5-7-12(8-6-11)16-15(10-18-21-16)20-19-14-4-2-3-13(17)9-14;/h2-10,19H,1H3;1H3. The number of anilines is 1. The van der Waals surface area contributed by atoms with Gasteiger partial charge < -0.3 is 6.15 Å². The lowest BCUT2D eigenvalue weighted by molar-refractivity contribution is 0.628. The Balaban J connectivity index is 0.00000176. The van der Waals surface area contributed by atoms with Gasteiger partial charge in [0, 0.05) is 5.56 Å². The highest BCUT2D eigenvalue weighted by Gasteiger charge is 2.14. The van der Waals surface area contributed by atoms with Gasteiger partial charge in [-0.25, -0.2) is 4.39 Å². The Labute approximate surface area is 127 Å².